The molecule has 2 aromatic rings. The number of nitrogens with zero attached hydrogens (tertiary/aromatic N) is 4. The lowest BCUT2D eigenvalue weighted by Crippen LogP contribution is -2.56. The van der Waals surface area contributed by atoms with E-state index in [4.69, 9.17) is 9.82 Å². The molecule has 1 amide bonds. The number of hydroxylamine groups is 2. The number of carbonyl (C=O) groups is 1. The van der Waals surface area contributed by atoms with Gasteiger partial charge in [-0.2, -0.15) is 4.98 Å². The SMILES string of the molecule is CON(C)C(=O)C1=CC2NCN(c3ccnc(NC(C)c4ccccc4)n3)C2(C)C(C)C1. The van der Waals surface area contributed by atoms with Crippen LogP contribution < -0.4 is 15.5 Å². The first-order valence-electron chi connectivity index (χ1n) is 11.0. The summed E-state index contributed by atoms with van der Waals surface area (Å²) in [5.41, 5.74) is 1.74. The highest BCUT2D eigenvalue weighted by molar-refractivity contribution is 5.93. The van der Waals surface area contributed by atoms with Crippen LogP contribution in [0.2, 0.25) is 0 Å². The lowest BCUT2D eigenvalue weighted by atomic mass is 9.72. The van der Waals surface area contributed by atoms with Gasteiger partial charge < -0.3 is 10.2 Å². The number of nitrogens with one attached hydrogen (secondary N) is 2. The fourth-order valence-electron chi connectivity index (χ4n) is 4.70. The fourth-order valence-corrected chi connectivity index (χ4v) is 4.70. The molecule has 170 valence electrons. The minimum absolute atomic E-state index is 0.0325. The zero-order valence-corrected chi connectivity index (χ0v) is 19.4. The third kappa shape index (κ3) is 3.96. The minimum Gasteiger partial charge on any atom is -0.348 e. The van der Waals surface area contributed by atoms with Crippen molar-refractivity contribution < 1.29 is 9.63 Å². The molecule has 8 heteroatoms. The van der Waals surface area contributed by atoms with Crippen LogP contribution in [0.5, 0.6) is 0 Å². The number of benzene rings is 1. The molecule has 8 nitrogen and oxygen atoms in total. The molecule has 2 heterocycles. The molecule has 32 heavy (non-hydrogen) atoms. The molecule has 1 aromatic heterocycles. The molecule has 4 atom stereocenters. The summed E-state index contributed by atoms with van der Waals surface area (Å²) in [6.07, 6.45) is 4.53. The number of carbonyl (C=O) groups excluding carboxylic acids is 1. The third-order valence-corrected chi connectivity index (χ3v) is 6.97. The molecule has 1 aromatic carbocycles. The Morgan fingerprint density at radius 1 is 1.34 bits per heavy atom. The topological polar surface area (TPSA) is 82.6 Å². The van der Waals surface area contributed by atoms with Crippen LogP contribution in [0.4, 0.5) is 11.8 Å². The quantitative estimate of drug-likeness (QED) is 0.673. The summed E-state index contributed by atoms with van der Waals surface area (Å²) in [7, 11) is 3.14. The lowest BCUT2D eigenvalue weighted by Gasteiger charge is -2.45. The Bertz CT molecular complexity index is 997. The molecule has 2 N–H and O–H groups in total. The van der Waals surface area contributed by atoms with Crippen LogP contribution in [0.25, 0.3) is 0 Å². The Kier molecular flexibility index (Phi) is 6.17. The summed E-state index contributed by atoms with van der Waals surface area (Å²) in [6.45, 7) is 7.18. The van der Waals surface area contributed by atoms with Crippen molar-refractivity contribution in [2.24, 2.45) is 5.92 Å². The van der Waals surface area contributed by atoms with Crippen LogP contribution in [-0.2, 0) is 9.63 Å². The third-order valence-electron chi connectivity index (χ3n) is 6.97. The maximum Gasteiger partial charge on any atom is 0.272 e. The molecular weight excluding hydrogens is 404 g/mol. The Balaban J connectivity index is 1.56. The molecule has 2 aliphatic rings. The largest absolute Gasteiger partial charge is 0.348 e. The standard InChI is InChI=1S/C24H32N6O2/c1-16-13-19(22(31)29(4)32-5)14-20-24(16,3)30(15-26-20)21-11-12-25-23(28-21)27-17(2)18-9-7-6-8-10-18/h6-12,14,16-17,20,26H,13,15H2,1-5H3,(H,25,27,28). The number of rotatable bonds is 6. The van der Waals surface area contributed by atoms with E-state index in [9.17, 15) is 4.79 Å². The average Bonchev–Trinajstić information content (AvgIpc) is 3.16. The van der Waals surface area contributed by atoms with Gasteiger partial charge in [0.25, 0.3) is 5.91 Å². The van der Waals surface area contributed by atoms with Crippen molar-refractivity contribution in [3.05, 3.63) is 59.8 Å². The molecular formula is C24H32N6O2. The number of anilines is 2. The van der Waals surface area contributed by atoms with E-state index in [1.807, 2.05) is 24.3 Å². The van der Waals surface area contributed by atoms with Crippen molar-refractivity contribution in [2.45, 2.75) is 44.8 Å². The van der Waals surface area contributed by atoms with E-state index in [0.717, 1.165) is 11.4 Å². The molecule has 4 unspecified atom stereocenters. The van der Waals surface area contributed by atoms with E-state index in [2.05, 4.69) is 59.5 Å². The average molecular weight is 437 g/mol. The number of fused-ring (bicyclic) bond motifs is 1. The van der Waals surface area contributed by atoms with Gasteiger partial charge in [0.05, 0.1) is 31.4 Å². The number of hydrogen-bond acceptors (Lipinski definition) is 7. The number of amides is 1. The molecule has 0 radical (unpaired) electrons. The van der Waals surface area contributed by atoms with Crippen LogP contribution >= 0.6 is 0 Å². The second-order valence-corrected chi connectivity index (χ2v) is 8.79. The zero-order valence-electron chi connectivity index (χ0n) is 19.4. The van der Waals surface area contributed by atoms with Crippen LogP contribution in [0, 0.1) is 5.92 Å². The normalized spacial score (nSPS) is 25.7. The molecule has 4 rings (SSSR count). The van der Waals surface area contributed by atoms with Crippen LogP contribution in [0.15, 0.2) is 54.2 Å². The van der Waals surface area contributed by atoms with Crippen molar-refractivity contribution in [1.29, 1.82) is 0 Å². The highest BCUT2D eigenvalue weighted by atomic mass is 16.7. The van der Waals surface area contributed by atoms with Gasteiger partial charge in [-0.3, -0.25) is 14.9 Å². The highest BCUT2D eigenvalue weighted by Crippen LogP contribution is 2.42. The van der Waals surface area contributed by atoms with Crippen molar-refractivity contribution in [3.63, 3.8) is 0 Å². The van der Waals surface area contributed by atoms with Crippen molar-refractivity contribution >= 4 is 17.7 Å². The summed E-state index contributed by atoms with van der Waals surface area (Å²) < 4.78 is 0. The summed E-state index contributed by atoms with van der Waals surface area (Å²) in [4.78, 5) is 29.3. The van der Waals surface area contributed by atoms with Gasteiger partial charge in [0, 0.05) is 18.8 Å². The number of hydrogen-bond donors (Lipinski definition) is 2. The molecule has 1 saturated heterocycles. The zero-order chi connectivity index (χ0) is 22.9. The molecule has 1 aliphatic carbocycles. The molecule has 1 fully saturated rings. The smallest absolute Gasteiger partial charge is 0.272 e. The second kappa shape index (κ2) is 8.88. The summed E-state index contributed by atoms with van der Waals surface area (Å²) >= 11 is 0. The van der Waals surface area contributed by atoms with Gasteiger partial charge in [-0.05, 0) is 37.8 Å². The van der Waals surface area contributed by atoms with E-state index in [1.165, 1.54) is 17.7 Å². The fraction of sp³-hybridized carbons (Fsp3) is 0.458. The van der Waals surface area contributed by atoms with E-state index in [0.29, 0.717) is 19.0 Å². The van der Waals surface area contributed by atoms with E-state index in [-0.39, 0.29) is 29.4 Å². The summed E-state index contributed by atoms with van der Waals surface area (Å²) in [5.74, 6) is 1.60. The van der Waals surface area contributed by atoms with Gasteiger partial charge in [0.15, 0.2) is 0 Å². The Hall–Kier alpha value is -2.97. The van der Waals surface area contributed by atoms with Gasteiger partial charge in [0.2, 0.25) is 5.95 Å². The number of likely N-dealkylation sites (N-methyl/N-ethyl adjacent to an activating group) is 1. The maximum atomic E-state index is 12.6. The predicted octanol–water partition coefficient (Wildman–Crippen LogP) is 3.13. The van der Waals surface area contributed by atoms with Gasteiger partial charge in [-0.1, -0.05) is 43.3 Å². The second-order valence-electron chi connectivity index (χ2n) is 8.79. The first kappa shape index (κ1) is 22.2. The van der Waals surface area contributed by atoms with E-state index < -0.39 is 0 Å². The van der Waals surface area contributed by atoms with E-state index >= 15 is 0 Å². The highest BCUT2D eigenvalue weighted by Gasteiger charge is 2.51. The molecule has 0 saturated carbocycles. The summed E-state index contributed by atoms with van der Waals surface area (Å²) in [6, 6.07) is 12.3. The van der Waals surface area contributed by atoms with Gasteiger partial charge >= 0.3 is 0 Å². The predicted molar refractivity (Wildman–Crippen MR) is 125 cm³/mol. The Morgan fingerprint density at radius 2 is 2.09 bits per heavy atom. The van der Waals surface area contributed by atoms with Crippen molar-refractivity contribution in [1.82, 2.24) is 20.3 Å². The van der Waals surface area contributed by atoms with Crippen LogP contribution in [0.1, 0.15) is 38.8 Å². The first-order chi connectivity index (χ1) is 15.3. The Labute approximate surface area is 189 Å². The molecule has 0 bridgehead atoms. The van der Waals surface area contributed by atoms with Crippen LogP contribution in [0.3, 0.4) is 0 Å². The van der Waals surface area contributed by atoms with Gasteiger partial charge in [0.1, 0.15) is 5.82 Å². The van der Waals surface area contributed by atoms with Gasteiger partial charge in [-0.15, -0.1) is 0 Å². The lowest BCUT2D eigenvalue weighted by molar-refractivity contribution is -0.164. The van der Waals surface area contributed by atoms with Crippen molar-refractivity contribution in [2.75, 3.05) is 31.0 Å². The minimum atomic E-state index is -0.216. The molecule has 0 spiro atoms. The Morgan fingerprint density at radius 3 is 2.81 bits per heavy atom. The van der Waals surface area contributed by atoms with Crippen LogP contribution in [-0.4, -0.2) is 53.3 Å². The summed E-state index contributed by atoms with van der Waals surface area (Å²) in [5, 5.41) is 8.26. The molecule has 1 aliphatic heterocycles. The van der Waals surface area contributed by atoms with E-state index in [1.54, 1.807) is 13.2 Å². The monoisotopic (exact) mass is 436 g/mol. The van der Waals surface area contributed by atoms with Gasteiger partial charge in [-0.25, -0.2) is 10.0 Å². The van der Waals surface area contributed by atoms with Crippen molar-refractivity contribution in [3.8, 4) is 0 Å². The number of aromatic nitrogens is 2. The maximum absolute atomic E-state index is 12.6. The first-order valence-corrected chi connectivity index (χ1v) is 11.0.